The third-order valence-electron chi connectivity index (χ3n) is 1.17. The number of rotatable bonds is 2. The maximum absolute atomic E-state index is 10.8. The first-order valence-corrected chi connectivity index (χ1v) is 3.40. The number of cyclic esters (lactones) is 1. The summed E-state index contributed by atoms with van der Waals surface area (Å²) < 4.78 is 4.69. The van der Waals surface area contributed by atoms with E-state index in [0.29, 0.717) is 13.2 Å². The van der Waals surface area contributed by atoms with Crippen LogP contribution >= 0.6 is 0 Å². The Morgan fingerprint density at radius 2 is 2.40 bits per heavy atom. The molecule has 0 aliphatic carbocycles. The first-order chi connectivity index (χ1) is 4.70. The average molecular weight is 144 g/mol. The van der Waals surface area contributed by atoms with Gasteiger partial charge in [-0.05, 0) is 13.8 Å². The van der Waals surface area contributed by atoms with Crippen molar-refractivity contribution < 1.29 is 9.53 Å². The molecule has 1 rings (SSSR count). The smallest absolute Gasteiger partial charge is 0.424 e. The third kappa shape index (κ3) is 1.60. The van der Waals surface area contributed by atoms with Gasteiger partial charge in [-0.25, -0.2) is 15.2 Å². The van der Waals surface area contributed by atoms with Gasteiger partial charge in [-0.1, -0.05) is 0 Å². The zero-order valence-corrected chi connectivity index (χ0v) is 6.26. The topological polar surface area (TPSA) is 41.6 Å². The molecule has 0 bridgehead atoms. The molecule has 0 unspecified atom stereocenters. The van der Waals surface area contributed by atoms with E-state index in [1.165, 1.54) is 5.01 Å². The van der Waals surface area contributed by atoms with Crippen LogP contribution in [-0.4, -0.2) is 30.3 Å². The summed E-state index contributed by atoms with van der Waals surface area (Å²) in [7, 11) is 0. The van der Waals surface area contributed by atoms with Gasteiger partial charge in [0.25, 0.3) is 0 Å². The number of ether oxygens (including phenoxy) is 1. The highest BCUT2D eigenvalue weighted by Crippen LogP contribution is 1.99. The van der Waals surface area contributed by atoms with Gasteiger partial charge in [-0.2, -0.15) is 0 Å². The molecular formula is C6H12N2O2. The molecule has 1 amide bonds. The zero-order valence-electron chi connectivity index (χ0n) is 6.26. The van der Waals surface area contributed by atoms with Crippen LogP contribution in [0.25, 0.3) is 0 Å². The minimum atomic E-state index is -0.270. The van der Waals surface area contributed by atoms with E-state index in [9.17, 15) is 4.79 Å². The van der Waals surface area contributed by atoms with E-state index in [2.05, 4.69) is 5.43 Å². The van der Waals surface area contributed by atoms with E-state index in [1.807, 2.05) is 13.8 Å². The molecule has 0 aromatic rings. The Bertz CT molecular complexity index is 136. The van der Waals surface area contributed by atoms with Crippen molar-refractivity contribution in [3.8, 4) is 0 Å². The lowest BCUT2D eigenvalue weighted by Gasteiger charge is -2.16. The molecule has 1 N–H and O–H groups in total. The minimum absolute atomic E-state index is 0.270. The van der Waals surface area contributed by atoms with E-state index in [1.54, 1.807) is 0 Å². The monoisotopic (exact) mass is 144 g/mol. The molecule has 4 heteroatoms. The molecule has 10 heavy (non-hydrogen) atoms. The molecule has 58 valence electrons. The van der Waals surface area contributed by atoms with E-state index in [0.717, 1.165) is 0 Å². The zero-order chi connectivity index (χ0) is 7.56. The first-order valence-electron chi connectivity index (χ1n) is 3.40. The highest BCUT2D eigenvalue weighted by molar-refractivity contribution is 5.68. The third-order valence-corrected chi connectivity index (χ3v) is 1.17. The summed E-state index contributed by atoms with van der Waals surface area (Å²) in [6, 6.07) is 0.283. The van der Waals surface area contributed by atoms with E-state index >= 15 is 0 Å². The van der Waals surface area contributed by atoms with Crippen molar-refractivity contribution >= 4 is 6.09 Å². The molecule has 0 saturated carbocycles. The van der Waals surface area contributed by atoms with Gasteiger partial charge in [0.2, 0.25) is 0 Å². The maximum atomic E-state index is 10.8. The van der Waals surface area contributed by atoms with E-state index in [4.69, 9.17) is 4.74 Å². The van der Waals surface area contributed by atoms with Gasteiger partial charge in [0.1, 0.15) is 6.61 Å². The summed E-state index contributed by atoms with van der Waals surface area (Å²) in [6.07, 6.45) is -0.270. The standard InChI is InChI=1S/C6H12N2O2/c1-5(2)7-8-3-4-10-6(8)9/h5,7H,3-4H2,1-2H3. The van der Waals surface area contributed by atoms with Gasteiger partial charge >= 0.3 is 6.09 Å². The van der Waals surface area contributed by atoms with Crippen LogP contribution in [-0.2, 0) is 4.74 Å². The normalized spacial score (nSPS) is 18.3. The number of hydrazine groups is 1. The van der Waals surface area contributed by atoms with Crippen LogP contribution in [0.5, 0.6) is 0 Å². The molecule has 1 aliphatic rings. The Kier molecular flexibility index (Phi) is 2.11. The maximum Gasteiger partial charge on any atom is 0.424 e. The lowest BCUT2D eigenvalue weighted by Crippen LogP contribution is -2.42. The van der Waals surface area contributed by atoms with Crippen molar-refractivity contribution in [2.45, 2.75) is 19.9 Å². The highest BCUT2D eigenvalue weighted by Gasteiger charge is 2.21. The second-order valence-electron chi connectivity index (χ2n) is 2.55. The van der Waals surface area contributed by atoms with Gasteiger partial charge in [-0.3, -0.25) is 0 Å². The van der Waals surface area contributed by atoms with Crippen LogP contribution in [0.3, 0.4) is 0 Å². The Balaban J connectivity index is 2.33. The van der Waals surface area contributed by atoms with Crippen molar-refractivity contribution in [3.63, 3.8) is 0 Å². The first kappa shape index (κ1) is 7.34. The fourth-order valence-electron chi connectivity index (χ4n) is 0.822. The van der Waals surface area contributed by atoms with Gasteiger partial charge < -0.3 is 4.74 Å². The van der Waals surface area contributed by atoms with Crippen molar-refractivity contribution in [2.75, 3.05) is 13.2 Å². The Labute approximate surface area is 60.1 Å². The number of nitrogens with zero attached hydrogens (tertiary/aromatic N) is 1. The quantitative estimate of drug-likeness (QED) is 0.608. The average Bonchev–Trinajstić information content (AvgIpc) is 2.15. The lowest BCUT2D eigenvalue weighted by molar-refractivity contribution is 0.141. The van der Waals surface area contributed by atoms with E-state index in [-0.39, 0.29) is 12.1 Å². The summed E-state index contributed by atoms with van der Waals surface area (Å²) in [5.41, 5.74) is 2.95. The molecule has 0 atom stereocenters. The van der Waals surface area contributed by atoms with Gasteiger partial charge in [0.15, 0.2) is 0 Å². The Morgan fingerprint density at radius 3 is 2.80 bits per heavy atom. The summed E-state index contributed by atoms with van der Waals surface area (Å²) in [5, 5.41) is 1.49. The molecule has 0 radical (unpaired) electrons. The molecule has 4 nitrogen and oxygen atoms in total. The number of nitrogens with one attached hydrogen (secondary N) is 1. The van der Waals surface area contributed by atoms with Gasteiger partial charge in [-0.15, -0.1) is 0 Å². The van der Waals surface area contributed by atoms with Crippen LogP contribution < -0.4 is 5.43 Å². The highest BCUT2D eigenvalue weighted by atomic mass is 16.6. The number of amides is 1. The second-order valence-corrected chi connectivity index (χ2v) is 2.55. The molecule has 0 aromatic heterocycles. The fourth-order valence-corrected chi connectivity index (χ4v) is 0.822. The lowest BCUT2D eigenvalue weighted by atomic mass is 10.4. The molecular weight excluding hydrogens is 132 g/mol. The summed E-state index contributed by atoms with van der Waals surface area (Å²) in [4.78, 5) is 10.8. The van der Waals surface area contributed by atoms with Crippen molar-refractivity contribution in [3.05, 3.63) is 0 Å². The summed E-state index contributed by atoms with van der Waals surface area (Å²) >= 11 is 0. The molecule has 1 fully saturated rings. The number of hydrogen-bond acceptors (Lipinski definition) is 3. The number of carbonyl (C=O) groups excluding carboxylic acids is 1. The van der Waals surface area contributed by atoms with E-state index < -0.39 is 0 Å². The predicted molar refractivity (Wildman–Crippen MR) is 36.3 cm³/mol. The van der Waals surface area contributed by atoms with Crippen molar-refractivity contribution in [2.24, 2.45) is 0 Å². The van der Waals surface area contributed by atoms with Crippen LogP contribution in [0.1, 0.15) is 13.8 Å². The SMILES string of the molecule is CC(C)NN1CCOC1=O. The summed E-state index contributed by atoms with van der Waals surface area (Å²) in [5.74, 6) is 0. The molecule has 0 spiro atoms. The van der Waals surface area contributed by atoms with Gasteiger partial charge in [0.05, 0.1) is 6.54 Å². The Morgan fingerprint density at radius 1 is 1.70 bits per heavy atom. The molecule has 1 heterocycles. The Hall–Kier alpha value is -0.770. The van der Waals surface area contributed by atoms with Crippen LogP contribution in [0, 0.1) is 0 Å². The molecule has 1 aliphatic heterocycles. The molecule has 0 aromatic carbocycles. The van der Waals surface area contributed by atoms with Crippen molar-refractivity contribution in [1.82, 2.24) is 10.4 Å². The van der Waals surface area contributed by atoms with Crippen LogP contribution in [0.15, 0.2) is 0 Å². The predicted octanol–water partition coefficient (Wildman–Crippen LogP) is 0.352. The minimum Gasteiger partial charge on any atom is -0.447 e. The molecule has 1 saturated heterocycles. The number of carbonyl (C=O) groups is 1. The van der Waals surface area contributed by atoms with Crippen LogP contribution in [0.4, 0.5) is 4.79 Å². The second kappa shape index (κ2) is 2.88. The number of hydrogen-bond donors (Lipinski definition) is 1. The summed E-state index contributed by atoms with van der Waals surface area (Å²) in [6.45, 7) is 5.10. The van der Waals surface area contributed by atoms with Crippen LogP contribution in [0.2, 0.25) is 0 Å². The van der Waals surface area contributed by atoms with Crippen molar-refractivity contribution in [1.29, 1.82) is 0 Å². The fraction of sp³-hybridized carbons (Fsp3) is 0.833. The largest absolute Gasteiger partial charge is 0.447 e. The van der Waals surface area contributed by atoms with Gasteiger partial charge in [0, 0.05) is 6.04 Å².